The highest BCUT2D eigenvalue weighted by atomic mass is 16.2. The molecule has 1 heteroatoms. The Bertz CT molecular complexity index is 158. The van der Waals surface area contributed by atoms with Crippen LogP contribution in [0.3, 0.4) is 0 Å². The van der Waals surface area contributed by atoms with E-state index in [1.165, 1.54) is 18.4 Å². The highest BCUT2D eigenvalue weighted by molar-refractivity contribution is 5.14. The first-order valence-electron chi connectivity index (χ1n) is 5.92. The molecule has 1 N–H and O–H groups in total. The van der Waals surface area contributed by atoms with Crippen molar-refractivity contribution in [2.45, 2.75) is 47.5 Å². The van der Waals surface area contributed by atoms with Gasteiger partial charge in [0.15, 0.2) is 0 Å². The van der Waals surface area contributed by atoms with E-state index < -0.39 is 0 Å². The van der Waals surface area contributed by atoms with Crippen molar-refractivity contribution in [3.8, 4) is 0 Å². The molecule has 1 rings (SSSR count). The molecule has 1 aromatic rings. The Balaban J connectivity index is -0.000000208. The molecule has 1 nitrogen and oxygen atoms in total. The number of hydrogen-bond donors (Lipinski definition) is 1. The number of aliphatic hydroxyl groups excluding tert-OH is 1. The second kappa shape index (κ2) is 23.2. The lowest BCUT2D eigenvalue weighted by Crippen LogP contribution is -1.78. The molecule has 0 aliphatic heterocycles. The molecule has 1 aromatic carbocycles. The van der Waals surface area contributed by atoms with E-state index in [-0.39, 0.29) is 0 Å². The van der Waals surface area contributed by atoms with Crippen molar-refractivity contribution in [1.82, 2.24) is 0 Å². The Morgan fingerprint density at radius 2 is 1.27 bits per heavy atom. The number of rotatable bonds is 2. The van der Waals surface area contributed by atoms with Gasteiger partial charge >= 0.3 is 0 Å². The molecule has 0 unspecified atom stereocenters. The van der Waals surface area contributed by atoms with E-state index >= 15 is 0 Å². The Morgan fingerprint density at radius 1 is 0.867 bits per heavy atom. The van der Waals surface area contributed by atoms with E-state index in [2.05, 4.69) is 37.3 Å². The maximum atomic E-state index is 7.00. The SMILES string of the molecule is CC.CC.CCCc1ccccc1.CO. The lowest BCUT2D eigenvalue weighted by molar-refractivity contribution is 0.399. The van der Waals surface area contributed by atoms with Crippen LogP contribution in [0.2, 0.25) is 0 Å². The summed E-state index contributed by atoms with van der Waals surface area (Å²) >= 11 is 0. The van der Waals surface area contributed by atoms with Crippen LogP contribution >= 0.6 is 0 Å². The van der Waals surface area contributed by atoms with Gasteiger partial charge in [0.2, 0.25) is 0 Å². The van der Waals surface area contributed by atoms with E-state index in [0.717, 1.165) is 7.11 Å². The summed E-state index contributed by atoms with van der Waals surface area (Å²) in [6.07, 6.45) is 2.45. The van der Waals surface area contributed by atoms with Crippen molar-refractivity contribution >= 4 is 0 Å². The van der Waals surface area contributed by atoms with Gasteiger partial charge in [-0.1, -0.05) is 71.4 Å². The summed E-state index contributed by atoms with van der Waals surface area (Å²) in [5.74, 6) is 0. The highest BCUT2D eigenvalue weighted by Gasteiger charge is 1.84. The fraction of sp³-hybridized carbons (Fsp3) is 0.571. The molecule has 15 heavy (non-hydrogen) atoms. The standard InChI is InChI=1S/C9H12.2C2H6.CH4O/c1-2-6-9-7-4-3-5-8-9;3*1-2/h3-5,7-8H,2,6H2,1H3;2*1-2H3;2H,1H3. The molecular weight excluding hydrogens is 184 g/mol. The molecule has 0 saturated carbocycles. The van der Waals surface area contributed by atoms with Gasteiger partial charge in [-0.25, -0.2) is 0 Å². The molecule has 90 valence electrons. The average molecular weight is 212 g/mol. The van der Waals surface area contributed by atoms with E-state index in [1.54, 1.807) is 0 Å². The van der Waals surface area contributed by atoms with E-state index in [4.69, 9.17) is 5.11 Å². The second-order valence-electron chi connectivity index (χ2n) is 2.24. The van der Waals surface area contributed by atoms with E-state index in [9.17, 15) is 0 Å². The van der Waals surface area contributed by atoms with Crippen LogP contribution in [0.1, 0.15) is 46.6 Å². The summed E-state index contributed by atoms with van der Waals surface area (Å²) in [6.45, 7) is 10.2. The monoisotopic (exact) mass is 212 g/mol. The lowest BCUT2D eigenvalue weighted by Gasteiger charge is -1.93. The molecule has 0 aromatic heterocycles. The number of aryl methyl sites for hydroxylation is 1. The zero-order chi connectivity index (χ0) is 12.5. The number of aliphatic hydroxyl groups is 1. The summed E-state index contributed by atoms with van der Waals surface area (Å²) in [7, 11) is 1.00. The van der Waals surface area contributed by atoms with Crippen LogP contribution in [-0.2, 0) is 6.42 Å². The van der Waals surface area contributed by atoms with Crippen molar-refractivity contribution in [3.63, 3.8) is 0 Å². The first-order valence-corrected chi connectivity index (χ1v) is 5.92. The van der Waals surface area contributed by atoms with Crippen LogP contribution < -0.4 is 0 Å². The summed E-state index contributed by atoms with van der Waals surface area (Å²) in [5.41, 5.74) is 1.44. The molecule has 0 fully saturated rings. The van der Waals surface area contributed by atoms with Gasteiger partial charge < -0.3 is 5.11 Å². The minimum atomic E-state index is 1.00. The van der Waals surface area contributed by atoms with E-state index in [1.807, 2.05) is 27.7 Å². The van der Waals surface area contributed by atoms with Gasteiger partial charge in [-0.2, -0.15) is 0 Å². The minimum absolute atomic E-state index is 1.00. The number of hydrogen-bond acceptors (Lipinski definition) is 1. The molecule has 0 radical (unpaired) electrons. The Labute approximate surface area is 96.2 Å². The van der Waals surface area contributed by atoms with Crippen molar-refractivity contribution in [2.75, 3.05) is 7.11 Å². The number of benzene rings is 1. The van der Waals surface area contributed by atoms with Crippen LogP contribution in [0.25, 0.3) is 0 Å². The van der Waals surface area contributed by atoms with Crippen molar-refractivity contribution < 1.29 is 5.11 Å². The van der Waals surface area contributed by atoms with Crippen molar-refractivity contribution in [3.05, 3.63) is 35.9 Å². The molecule has 0 aliphatic rings. The largest absolute Gasteiger partial charge is 0.400 e. The molecule has 0 amide bonds. The third-order valence-corrected chi connectivity index (χ3v) is 1.38. The zero-order valence-electron chi connectivity index (χ0n) is 11.2. The van der Waals surface area contributed by atoms with Gasteiger partial charge in [0.05, 0.1) is 0 Å². The molecule has 0 heterocycles. The fourth-order valence-electron chi connectivity index (χ4n) is 0.933. The fourth-order valence-corrected chi connectivity index (χ4v) is 0.933. The molecule has 0 atom stereocenters. The van der Waals surface area contributed by atoms with Gasteiger partial charge in [-0.05, 0) is 12.0 Å². The minimum Gasteiger partial charge on any atom is -0.400 e. The van der Waals surface area contributed by atoms with Gasteiger partial charge in [-0.15, -0.1) is 0 Å². The maximum Gasteiger partial charge on any atom is 0.0319 e. The predicted octanol–water partition coefficient (Wildman–Crippen LogP) is 4.30. The first-order chi connectivity index (χ1) is 7.43. The quantitative estimate of drug-likeness (QED) is 0.775. The van der Waals surface area contributed by atoms with Crippen LogP contribution in [0, 0.1) is 0 Å². The van der Waals surface area contributed by atoms with Crippen LogP contribution in [0.4, 0.5) is 0 Å². The van der Waals surface area contributed by atoms with E-state index in [0.29, 0.717) is 0 Å². The molecule has 0 spiro atoms. The molecule has 0 saturated heterocycles. The van der Waals surface area contributed by atoms with Gasteiger partial charge in [0.1, 0.15) is 0 Å². The second-order valence-corrected chi connectivity index (χ2v) is 2.24. The topological polar surface area (TPSA) is 20.2 Å². The molecule has 0 bridgehead atoms. The average Bonchev–Trinajstić information content (AvgIpc) is 2.38. The normalized spacial score (nSPS) is 6.87. The van der Waals surface area contributed by atoms with Crippen molar-refractivity contribution in [2.24, 2.45) is 0 Å². The molecular formula is C14H28O. The Morgan fingerprint density at radius 3 is 1.60 bits per heavy atom. The van der Waals surface area contributed by atoms with Gasteiger partial charge in [-0.3, -0.25) is 0 Å². The molecule has 0 aliphatic carbocycles. The lowest BCUT2D eigenvalue weighted by atomic mass is 10.1. The summed E-state index contributed by atoms with van der Waals surface area (Å²) < 4.78 is 0. The van der Waals surface area contributed by atoms with Crippen LogP contribution in [0.15, 0.2) is 30.3 Å². The maximum absolute atomic E-state index is 7.00. The van der Waals surface area contributed by atoms with Crippen LogP contribution in [0.5, 0.6) is 0 Å². The van der Waals surface area contributed by atoms with Crippen molar-refractivity contribution in [1.29, 1.82) is 0 Å². The summed E-state index contributed by atoms with van der Waals surface area (Å²) in [6, 6.07) is 10.6. The Kier molecular flexibility index (Phi) is 30.5. The van der Waals surface area contributed by atoms with Crippen LogP contribution in [-0.4, -0.2) is 12.2 Å². The third-order valence-electron chi connectivity index (χ3n) is 1.38. The third kappa shape index (κ3) is 15.9. The summed E-state index contributed by atoms with van der Waals surface area (Å²) in [4.78, 5) is 0. The first kappa shape index (κ1) is 19.7. The van der Waals surface area contributed by atoms with Gasteiger partial charge in [0, 0.05) is 7.11 Å². The smallest absolute Gasteiger partial charge is 0.0319 e. The predicted molar refractivity (Wildman–Crippen MR) is 71.3 cm³/mol. The highest BCUT2D eigenvalue weighted by Crippen LogP contribution is 2.00. The van der Waals surface area contributed by atoms with Gasteiger partial charge in [0.25, 0.3) is 0 Å². The summed E-state index contributed by atoms with van der Waals surface area (Å²) in [5, 5.41) is 7.00. The Hall–Kier alpha value is -0.820. The zero-order valence-corrected chi connectivity index (χ0v) is 11.2.